The Labute approximate surface area is 426 Å². The van der Waals surface area contributed by atoms with Gasteiger partial charge in [-0.2, -0.15) is 0 Å². The molecule has 6 unspecified atom stereocenters. The van der Waals surface area contributed by atoms with Crippen LogP contribution in [0.15, 0.2) is 102 Å². The van der Waals surface area contributed by atoms with E-state index in [4.69, 9.17) is 28.4 Å². The van der Waals surface area contributed by atoms with Crippen molar-refractivity contribution in [3.63, 3.8) is 0 Å². The summed E-state index contributed by atoms with van der Waals surface area (Å²) in [5, 5.41) is 10.7. The van der Waals surface area contributed by atoms with Gasteiger partial charge in [-0.1, -0.05) is 146 Å². The number of methoxy groups -OCH3 is 2. The molecule has 0 saturated carbocycles. The third-order valence-corrected chi connectivity index (χ3v) is 11.8. The number of aliphatic imine (C=N–C) groups is 1. The monoisotopic (exact) mass is 999 g/mol. The van der Waals surface area contributed by atoms with Crippen LogP contribution in [0.4, 0.5) is 4.79 Å². The predicted octanol–water partition coefficient (Wildman–Crippen LogP) is 6.11. The molecule has 0 saturated heterocycles. The summed E-state index contributed by atoms with van der Waals surface area (Å²) in [5.74, 6) is -2.68. The largest absolute Gasteiger partial charge is 0.462 e. The van der Waals surface area contributed by atoms with E-state index < -0.39 is 70.8 Å². The van der Waals surface area contributed by atoms with Gasteiger partial charge in [0.15, 0.2) is 0 Å². The van der Waals surface area contributed by atoms with Gasteiger partial charge in [-0.25, -0.2) is 9.80 Å². The Hall–Kier alpha value is -5.98. The first-order chi connectivity index (χ1) is 34.4. The van der Waals surface area contributed by atoms with Crippen molar-refractivity contribution in [3.8, 4) is 0 Å². The SMILES string of the molecule is COCCOCCOCCOC(=O)CNC(C(=O)NC(Cc1ccccc1)C(CN(Cc1ccc(C2C=CCC=N2)cc1)NC(=O)C(NC(=O)OC)C(C)(C)C)OC(=O)C(C)Cc1ccccc1)C(C)(C)C. The molecule has 0 aromatic heterocycles. The lowest BCUT2D eigenvalue weighted by molar-refractivity contribution is -0.158. The number of benzene rings is 3. The summed E-state index contributed by atoms with van der Waals surface area (Å²) < 4.78 is 32.7. The molecule has 0 spiro atoms. The molecule has 394 valence electrons. The highest BCUT2D eigenvalue weighted by atomic mass is 16.6. The molecule has 3 amide bonds. The van der Waals surface area contributed by atoms with Gasteiger partial charge in [0.05, 0.1) is 77.3 Å². The zero-order chi connectivity index (χ0) is 52.5. The lowest BCUT2D eigenvalue weighted by Crippen LogP contribution is -2.61. The van der Waals surface area contributed by atoms with E-state index in [1.165, 1.54) is 7.11 Å². The van der Waals surface area contributed by atoms with Crippen LogP contribution in [0.2, 0.25) is 0 Å². The number of carbonyl (C=O) groups excluding carboxylic acids is 5. The van der Waals surface area contributed by atoms with Crippen LogP contribution < -0.4 is 21.4 Å². The molecule has 72 heavy (non-hydrogen) atoms. The predicted molar refractivity (Wildman–Crippen MR) is 276 cm³/mol. The summed E-state index contributed by atoms with van der Waals surface area (Å²) in [6, 6.07) is 24.0. The number of alkyl carbamates (subject to hydrolysis) is 1. The molecular formula is C55H78N6O11. The molecule has 6 atom stereocenters. The molecule has 3 aromatic carbocycles. The summed E-state index contributed by atoms with van der Waals surface area (Å²) in [6.45, 7) is 14.4. The molecule has 17 nitrogen and oxygen atoms in total. The number of hydrazine groups is 1. The van der Waals surface area contributed by atoms with Gasteiger partial charge < -0.3 is 39.1 Å². The van der Waals surface area contributed by atoms with E-state index in [-0.39, 0.29) is 45.3 Å². The summed E-state index contributed by atoms with van der Waals surface area (Å²) in [4.78, 5) is 73.9. The Morgan fingerprint density at radius 3 is 1.88 bits per heavy atom. The second-order valence-electron chi connectivity index (χ2n) is 20.0. The van der Waals surface area contributed by atoms with Gasteiger partial charge in [0.25, 0.3) is 5.91 Å². The van der Waals surface area contributed by atoms with Crippen molar-refractivity contribution in [1.29, 1.82) is 0 Å². The van der Waals surface area contributed by atoms with Gasteiger partial charge in [0, 0.05) is 26.3 Å². The van der Waals surface area contributed by atoms with Crippen molar-refractivity contribution in [2.24, 2.45) is 21.7 Å². The van der Waals surface area contributed by atoms with Crippen LogP contribution in [0.5, 0.6) is 0 Å². The van der Waals surface area contributed by atoms with E-state index in [0.717, 1.165) is 28.7 Å². The maximum atomic E-state index is 14.8. The number of dihydropyridines is 1. The van der Waals surface area contributed by atoms with Crippen LogP contribution in [0.1, 0.15) is 83.2 Å². The molecule has 0 radical (unpaired) electrons. The number of nitrogens with zero attached hydrogens (tertiary/aromatic N) is 2. The highest BCUT2D eigenvalue weighted by Gasteiger charge is 2.39. The van der Waals surface area contributed by atoms with Crippen LogP contribution in [0.3, 0.4) is 0 Å². The highest BCUT2D eigenvalue weighted by Crippen LogP contribution is 2.25. The van der Waals surface area contributed by atoms with Crippen LogP contribution in [0.25, 0.3) is 0 Å². The average molecular weight is 999 g/mol. The Morgan fingerprint density at radius 1 is 0.708 bits per heavy atom. The van der Waals surface area contributed by atoms with Gasteiger partial charge in [0.2, 0.25) is 5.91 Å². The van der Waals surface area contributed by atoms with E-state index in [0.29, 0.717) is 32.8 Å². The van der Waals surface area contributed by atoms with Gasteiger partial charge >= 0.3 is 18.0 Å². The Kier molecular flexibility index (Phi) is 24.5. The van der Waals surface area contributed by atoms with Crippen molar-refractivity contribution in [2.45, 2.75) is 105 Å². The van der Waals surface area contributed by atoms with Gasteiger partial charge in [-0.15, -0.1) is 0 Å². The first kappa shape index (κ1) is 58.6. The zero-order valence-electron chi connectivity index (χ0n) is 43.6. The lowest BCUT2D eigenvalue weighted by Gasteiger charge is -2.37. The van der Waals surface area contributed by atoms with Gasteiger partial charge in [-0.3, -0.25) is 34.9 Å². The molecule has 1 aliphatic rings. The number of nitrogens with one attached hydrogen (secondary N) is 4. The van der Waals surface area contributed by atoms with Gasteiger partial charge in [-0.05, 0) is 45.9 Å². The number of carbonyl (C=O) groups is 5. The number of allylic oxidation sites excluding steroid dienone is 1. The summed E-state index contributed by atoms with van der Waals surface area (Å²) >= 11 is 0. The number of esters is 2. The summed E-state index contributed by atoms with van der Waals surface area (Å²) in [5.41, 5.74) is 5.14. The average Bonchev–Trinajstić information content (AvgIpc) is 3.34. The third-order valence-electron chi connectivity index (χ3n) is 11.8. The van der Waals surface area contributed by atoms with E-state index >= 15 is 0 Å². The molecule has 0 bridgehead atoms. The number of hydrogen-bond acceptors (Lipinski definition) is 14. The Balaban J connectivity index is 1.70. The maximum absolute atomic E-state index is 14.8. The Morgan fingerprint density at radius 2 is 1.31 bits per heavy atom. The van der Waals surface area contributed by atoms with Crippen molar-refractivity contribution in [3.05, 3.63) is 119 Å². The number of amides is 3. The highest BCUT2D eigenvalue weighted by molar-refractivity contribution is 5.86. The quantitative estimate of drug-likeness (QED) is 0.0204. The fourth-order valence-electron chi connectivity index (χ4n) is 7.85. The van der Waals surface area contributed by atoms with Crippen molar-refractivity contribution >= 4 is 36.1 Å². The normalized spacial score (nSPS) is 15.7. The molecule has 3 aromatic rings. The van der Waals surface area contributed by atoms with E-state index in [1.807, 2.05) is 133 Å². The van der Waals surface area contributed by atoms with Crippen LogP contribution in [-0.4, -0.2) is 132 Å². The summed E-state index contributed by atoms with van der Waals surface area (Å²) in [6.07, 6.45) is 5.52. The van der Waals surface area contributed by atoms with Crippen LogP contribution in [-0.2, 0) is 67.0 Å². The molecule has 4 N–H and O–H groups in total. The van der Waals surface area contributed by atoms with Crippen molar-refractivity contribution < 1.29 is 52.4 Å². The van der Waals surface area contributed by atoms with E-state index in [2.05, 4.69) is 38.5 Å². The fraction of sp³-hybridized carbons (Fsp3) is 0.527. The van der Waals surface area contributed by atoms with Crippen molar-refractivity contribution in [2.75, 3.05) is 67.0 Å². The number of ether oxygens (including phenoxy) is 6. The van der Waals surface area contributed by atoms with Gasteiger partial charge in [0.1, 0.15) is 18.8 Å². The second-order valence-corrected chi connectivity index (χ2v) is 20.0. The molecule has 0 fully saturated rings. The standard InChI is InChI=1S/C55H78N6O11/c1-39(34-40-18-12-10-13-19-40)52(65)72-46(38-61(60-51(64)49(55(5,6)7)59-53(66)68-9)37-42-23-25-43(26-24-42)44-22-16-17-27-56-44)45(35-41-20-14-11-15-21-41)58-50(63)48(54(2,3)4)57-36-47(62)71-33-32-70-31-30-69-29-28-67-8/h10-16,18-27,39,44-46,48-49,57H,17,28-38H2,1-9H3,(H,58,63)(H,59,66)(H,60,64). The van der Waals surface area contributed by atoms with E-state index in [1.54, 1.807) is 19.0 Å². The maximum Gasteiger partial charge on any atom is 0.407 e. The second kappa shape index (κ2) is 30.1. The molecular weight excluding hydrogens is 921 g/mol. The first-order valence-electron chi connectivity index (χ1n) is 24.7. The minimum absolute atomic E-state index is 0.0126. The third kappa shape index (κ3) is 21.0. The van der Waals surface area contributed by atoms with E-state index in [9.17, 15) is 24.0 Å². The molecule has 4 rings (SSSR count). The molecule has 17 heteroatoms. The molecule has 1 aliphatic heterocycles. The smallest absolute Gasteiger partial charge is 0.407 e. The molecule has 0 aliphatic carbocycles. The minimum atomic E-state index is -1.08. The zero-order valence-corrected chi connectivity index (χ0v) is 43.6. The Bertz CT molecular complexity index is 2170. The minimum Gasteiger partial charge on any atom is -0.462 e. The number of hydrogen-bond donors (Lipinski definition) is 4. The lowest BCUT2D eigenvalue weighted by atomic mass is 9.85. The van der Waals surface area contributed by atoms with Crippen LogP contribution in [0, 0.1) is 16.7 Å². The van der Waals surface area contributed by atoms with Crippen molar-refractivity contribution in [1.82, 2.24) is 26.4 Å². The first-order valence-corrected chi connectivity index (χ1v) is 24.7. The topological polar surface area (TPSA) is 204 Å². The summed E-state index contributed by atoms with van der Waals surface area (Å²) in [7, 11) is 2.82. The fourth-order valence-corrected chi connectivity index (χ4v) is 7.85. The molecule has 1 heterocycles. The van der Waals surface area contributed by atoms with Crippen LogP contribution >= 0.6 is 0 Å². The number of rotatable bonds is 29.